The SMILES string of the molecule is CC1(c2ccc(Cl)cc2)NCCC1F. The Morgan fingerprint density at radius 2 is 2.07 bits per heavy atom. The molecule has 0 aromatic heterocycles. The zero-order valence-corrected chi connectivity index (χ0v) is 8.81. The van der Waals surface area contributed by atoms with Crippen molar-refractivity contribution in [1.82, 2.24) is 5.32 Å². The van der Waals surface area contributed by atoms with Gasteiger partial charge in [0.25, 0.3) is 0 Å². The highest BCUT2D eigenvalue weighted by Gasteiger charge is 2.40. The number of alkyl halides is 1. The number of hydrogen-bond acceptors (Lipinski definition) is 1. The first-order valence-electron chi connectivity index (χ1n) is 4.78. The second-order valence-corrected chi connectivity index (χ2v) is 4.33. The van der Waals surface area contributed by atoms with Gasteiger partial charge in [-0.3, -0.25) is 0 Å². The predicted molar refractivity (Wildman–Crippen MR) is 56.3 cm³/mol. The molecule has 1 fully saturated rings. The molecule has 1 aliphatic rings. The van der Waals surface area contributed by atoms with E-state index in [1.165, 1.54) is 0 Å². The Hall–Kier alpha value is -0.600. The van der Waals surface area contributed by atoms with Crippen LogP contribution in [0.2, 0.25) is 5.02 Å². The van der Waals surface area contributed by atoms with E-state index in [0.717, 1.165) is 12.1 Å². The Balaban J connectivity index is 2.34. The molecule has 1 aromatic carbocycles. The van der Waals surface area contributed by atoms with E-state index in [1.54, 1.807) is 12.1 Å². The fourth-order valence-corrected chi connectivity index (χ4v) is 2.06. The van der Waals surface area contributed by atoms with E-state index in [2.05, 4.69) is 5.32 Å². The molecular weight excluding hydrogens is 201 g/mol. The first kappa shape index (κ1) is 9.94. The Kier molecular flexibility index (Phi) is 2.50. The lowest BCUT2D eigenvalue weighted by molar-refractivity contribution is 0.220. The van der Waals surface area contributed by atoms with Crippen LogP contribution < -0.4 is 5.32 Å². The molecule has 0 spiro atoms. The summed E-state index contributed by atoms with van der Waals surface area (Å²) in [6, 6.07) is 7.37. The average molecular weight is 214 g/mol. The van der Waals surface area contributed by atoms with Crippen LogP contribution >= 0.6 is 11.6 Å². The van der Waals surface area contributed by atoms with E-state index in [4.69, 9.17) is 11.6 Å². The minimum atomic E-state index is -0.816. The van der Waals surface area contributed by atoms with Crippen molar-refractivity contribution >= 4 is 11.6 Å². The van der Waals surface area contributed by atoms with Crippen molar-refractivity contribution in [3.05, 3.63) is 34.9 Å². The maximum absolute atomic E-state index is 13.7. The molecule has 1 nitrogen and oxygen atoms in total. The van der Waals surface area contributed by atoms with E-state index in [1.807, 2.05) is 19.1 Å². The van der Waals surface area contributed by atoms with Gasteiger partial charge in [0.1, 0.15) is 6.17 Å². The molecule has 3 heteroatoms. The zero-order valence-electron chi connectivity index (χ0n) is 8.06. The Morgan fingerprint density at radius 3 is 2.57 bits per heavy atom. The van der Waals surface area contributed by atoms with E-state index in [-0.39, 0.29) is 0 Å². The topological polar surface area (TPSA) is 12.0 Å². The highest BCUT2D eigenvalue weighted by Crippen LogP contribution is 2.33. The zero-order chi connectivity index (χ0) is 10.2. The molecule has 1 heterocycles. The number of hydrogen-bond donors (Lipinski definition) is 1. The number of halogens is 2. The minimum absolute atomic E-state index is 0.537. The van der Waals surface area contributed by atoms with Crippen LogP contribution in [0.25, 0.3) is 0 Å². The molecule has 2 atom stereocenters. The van der Waals surface area contributed by atoms with E-state index in [0.29, 0.717) is 11.4 Å². The van der Waals surface area contributed by atoms with Gasteiger partial charge in [0.05, 0.1) is 5.54 Å². The maximum Gasteiger partial charge on any atom is 0.123 e. The largest absolute Gasteiger partial charge is 0.305 e. The predicted octanol–water partition coefficient (Wildman–Crippen LogP) is 2.89. The quantitative estimate of drug-likeness (QED) is 0.757. The van der Waals surface area contributed by atoms with Gasteiger partial charge in [0, 0.05) is 5.02 Å². The summed E-state index contributed by atoms with van der Waals surface area (Å²) in [6.07, 6.45) is -0.234. The van der Waals surface area contributed by atoms with Crippen LogP contribution in [0, 0.1) is 0 Å². The third kappa shape index (κ3) is 1.53. The summed E-state index contributed by atoms with van der Waals surface area (Å²) in [5, 5.41) is 3.89. The molecule has 14 heavy (non-hydrogen) atoms. The van der Waals surface area contributed by atoms with Crippen LogP contribution in [-0.4, -0.2) is 12.7 Å². The third-order valence-corrected chi connectivity index (χ3v) is 3.21. The van der Waals surface area contributed by atoms with Gasteiger partial charge in [-0.05, 0) is 37.6 Å². The highest BCUT2D eigenvalue weighted by atomic mass is 35.5. The molecule has 76 valence electrons. The van der Waals surface area contributed by atoms with Crippen LogP contribution in [0.15, 0.2) is 24.3 Å². The number of nitrogens with one attached hydrogen (secondary N) is 1. The molecule has 0 radical (unpaired) electrons. The molecule has 1 N–H and O–H groups in total. The summed E-state index contributed by atoms with van der Waals surface area (Å²) in [5.41, 5.74) is 0.428. The van der Waals surface area contributed by atoms with Gasteiger partial charge in [0.15, 0.2) is 0 Å². The van der Waals surface area contributed by atoms with Crippen molar-refractivity contribution in [2.45, 2.75) is 25.1 Å². The van der Waals surface area contributed by atoms with Crippen LogP contribution in [0.4, 0.5) is 4.39 Å². The van der Waals surface area contributed by atoms with E-state index in [9.17, 15) is 4.39 Å². The molecule has 0 aliphatic carbocycles. The molecule has 0 bridgehead atoms. The number of rotatable bonds is 1. The second-order valence-electron chi connectivity index (χ2n) is 3.89. The maximum atomic E-state index is 13.7. The summed E-state index contributed by atoms with van der Waals surface area (Å²) in [7, 11) is 0. The summed E-state index contributed by atoms with van der Waals surface area (Å²) in [6.45, 7) is 2.63. The lowest BCUT2D eigenvalue weighted by atomic mass is 9.89. The first-order chi connectivity index (χ1) is 6.63. The molecule has 2 rings (SSSR count). The van der Waals surface area contributed by atoms with Gasteiger partial charge in [-0.15, -0.1) is 0 Å². The molecule has 1 aromatic rings. The lowest BCUT2D eigenvalue weighted by Gasteiger charge is -2.27. The van der Waals surface area contributed by atoms with Crippen LogP contribution in [0.5, 0.6) is 0 Å². The number of benzene rings is 1. The van der Waals surface area contributed by atoms with Gasteiger partial charge in [-0.1, -0.05) is 23.7 Å². The van der Waals surface area contributed by atoms with Crippen molar-refractivity contribution in [3.8, 4) is 0 Å². The molecule has 0 amide bonds. The summed E-state index contributed by atoms with van der Waals surface area (Å²) in [5.74, 6) is 0. The summed E-state index contributed by atoms with van der Waals surface area (Å²) < 4.78 is 13.7. The lowest BCUT2D eigenvalue weighted by Crippen LogP contribution is -2.39. The van der Waals surface area contributed by atoms with Crippen molar-refractivity contribution in [3.63, 3.8) is 0 Å². The molecule has 2 unspecified atom stereocenters. The van der Waals surface area contributed by atoms with Crippen LogP contribution in [-0.2, 0) is 5.54 Å². The minimum Gasteiger partial charge on any atom is -0.305 e. The summed E-state index contributed by atoms with van der Waals surface area (Å²) >= 11 is 5.79. The molecular formula is C11H13ClFN. The Labute approximate surface area is 88.3 Å². The fraction of sp³-hybridized carbons (Fsp3) is 0.455. The smallest absolute Gasteiger partial charge is 0.123 e. The standard InChI is InChI=1S/C11H13ClFN/c1-11(10(13)6-7-14-11)8-2-4-9(12)5-3-8/h2-5,10,14H,6-7H2,1H3. The average Bonchev–Trinajstić information content (AvgIpc) is 2.49. The van der Waals surface area contributed by atoms with E-state index >= 15 is 0 Å². The summed E-state index contributed by atoms with van der Waals surface area (Å²) in [4.78, 5) is 0. The van der Waals surface area contributed by atoms with Crippen molar-refractivity contribution in [1.29, 1.82) is 0 Å². The molecule has 0 saturated carbocycles. The second kappa shape index (κ2) is 3.52. The van der Waals surface area contributed by atoms with Gasteiger partial charge in [0.2, 0.25) is 0 Å². The normalized spacial score (nSPS) is 32.1. The van der Waals surface area contributed by atoms with Crippen LogP contribution in [0.1, 0.15) is 18.9 Å². The monoisotopic (exact) mass is 213 g/mol. The Morgan fingerprint density at radius 1 is 1.43 bits per heavy atom. The highest BCUT2D eigenvalue weighted by molar-refractivity contribution is 6.30. The van der Waals surface area contributed by atoms with Gasteiger partial charge < -0.3 is 5.32 Å². The van der Waals surface area contributed by atoms with Gasteiger partial charge in [-0.2, -0.15) is 0 Å². The van der Waals surface area contributed by atoms with Crippen LogP contribution in [0.3, 0.4) is 0 Å². The fourth-order valence-electron chi connectivity index (χ4n) is 1.94. The van der Waals surface area contributed by atoms with E-state index < -0.39 is 11.7 Å². The molecule has 1 saturated heterocycles. The first-order valence-corrected chi connectivity index (χ1v) is 5.16. The van der Waals surface area contributed by atoms with Gasteiger partial charge >= 0.3 is 0 Å². The van der Waals surface area contributed by atoms with Gasteiger partial charge in [-0.25, -0.2) is 4.39 Å². The van der Waals surface area contributed by atoms with Crippen molar-refractivity contribution < 1.29 is 4.39 Å². The molecule has 1 aliphatic heterocycles. The third-order valence-electron chi connectivity index (χ3n) is 2.96. The van der Waals surface area contributed by atoms with Crippen molar-refractivity contribution in [2.75, 3.05) is 6.54 Å². The van der Waals surface area contributed by atoms with Crippen molar-refractivity contribution in [2.24, 2.45) is 0 Å². The Bertz CT molecular complexity index is 325.